The highest BCUT2D eigenvalue weighted by Crippen LogP contribution is 2.26. The molecule has 1 saturated carbocycles. The highest BCUT2D eigenvalue weighted by Gasteiger charge is 2.27. The van der Waals surface area contributed by atoms with E-state index in [2.05, 4.69) is 31.9 Å². The van der Waals surface area contributed by atoms with Crippen molar-refractivity contribution >= 4 is 37.8 Å². The summed E-state index contributed by atoms with van der Waals surface area (Å²) in [6.45, 7) is 2.81. The zero-order valence-electron chi connectivity index (χ0n) is 11.2. The van der Waals surface area contributed by atoms with Gasteiger partial charge in [0.15, 0.2) is 0 Å². The van der Waals surface area contributed by atoms with Crippen molar-refractivity contribution in [3.8, 4) is 0 Å². The first-order valence-electron chi connectivity index (χ1n) is 6.76. The lowest BCUT2D eigenvalue weighted by molar-refractivity contribution is 0.0696. The lowest BCUT2D eigenvalue weighted by Gasteiger charge is -2.28. The average molecular weight is 389 g/mol. The van der Waals surface area contributed by atoms with Crippen molar-refractivity contribution in [2.24, 2.45) is 0 Å². The zero-order valence-corrected chi connectivity index (χ0v) is 14.3. The lowest BCUT2D eigenvalue weighted by atomic mass is 10.1. The van der Waals surface area contributed by atoms with Crippen LogP contribution in [0.15, 0.2) is 22.7 Å². The quantitative estimate of drug-likeness (QED) is 0.693. The molecule has 0 N–H and O–H groups in total. The van der Waals surface area contributed by atoms with Crippen molar-refractivity contribution in [2.75, 3.05) is 11.9 Å². The Morgan fingerprint density at radius 2 is 2.00 bits per heavy atom. The Morgan fingerprint density at radius 3 is 2.58 bits per heavy atom. The van der Waals surface area contributed by atoms with Crippen molar-refractivity contribution in [1.29, 1.82) is 0 Å². The van der Waals surface area contributed by atoms with Crippen LogP contribution < -0.4 is 0 Å². The minimum absolute atomic E-state index is 0.163. The molecule has 1 aromatic rings. The summed E-state index contributed by atoms with van der Waals surface area (Å²) in [5.74, 6) is 0.163. The van der Waals surface area contributed by atoms with Crippen LogP contribution in [0.4, 0.5) is 0 Å². The number of carbonyl (C=O) groups is 1. The summed E-state index contributed by atoms with van der Waals surface area (Å²) < 4.78 is 0.973. The number of rotatable bonds is 4. The third kappa shape index (κ3) is 3.82. The van der Waals surface area contributed by atoms with Gasteiger partial charge in [-0.15, -0.1) is 0 Å². The van der Waals surface area contributed by atoms with Crippen LogP contribution in [0.1, 0.15) is 41.6 Å². The van der Waals surface area contributed by atoms with Crippen LogP contribution in [-0.4, -0.2) is 28.7 Å². The van der Waals surface area contributed by atoms with E-state index in [0.717, 1.165) is 40.3 Å². The SMILES string of the molecule is Cc1cc(Br)cc(C(=O)N(CCBr)C2CCCC2)c1. The van der Waals surface area contributed by atoms with Crippen LogP contribution in [0.5, 0.6) is 0 Å². The Labute approximate surface area is 131 Å². The fourth-order valence-corrected chi connectivity index (χ4v) is 3.77. The van der Waals surface area contributed by atoms with Crippen LogP contribution >= 0.6 is 31.9 Å². The summed E-state index contributed by atoms with van der Waals surface area (Å²) in [7, 11) is 0. The largest absolute Gasteiger partial charge is 0.335 e. The molecule has 1 amide bonds. The van der Waals surface area contributed by atoms with E-state index in [0.29, 0.717) is 6.04 Å². The number of carbonyl (C=O) groups excluding carboxylic acids is 1. The molecule has 0 unspecified atom stereocenters. The van der Waals surface area contributed by atoms with Gasteiger partial charge in [-0.3, -0.25) is 4.79 Å². The topological polar surface area (TPSA) is 20.3 Å². The standard InChI is InChI=1S/C15H19Br2NO/c1-11-8-12(10-13(17)9-11)15(19)18(7-6-16)14-4-2-3-5-14/h8-10,14H,2-7H2,1H3. The van der Waals surface area contributed by atoms with Gasteiger partial charge >= 0.3 is 0 Å². The molecule has 104 valence electrons. The predicted molar refractivity (Wildman–Crippen MR) is 86.0 cm³/mol. The van der Waals surface area contributed by atoms with Gasteiger partial charge in [0.25, 0.3) is 5.91 Å². The summed E-state index contributed by atoms with van der Waals surface area (Å²) in [6, 6.07) is 6.35. The third-order valence-corrected chi connectivity index (χ3v) is 4.45. The molecule has 0 saturated heterocycles. The monoisotopic (exact) mass is 387 g/mol. The van der Waals surface area contributed by atoms with Crippen molar-refractivity contribution in [3.05, 3.63) is 33.8 Å². The maximum atomic E-state index is 12.7. The van der Waals surface area contributed by atoms with Crippen molar-refractivity contribution < 1.29 is 4.79 Å². The first kappa shape index (κ1) is 15.0. The fraction of sp³-hybridized carbons (Fsp3) is 0.533. The van der Waals surface area contributed by atoms with Gasteiger partial charge < -0.3 is 4.90 Å². The number of halogens is 2. The molecule has 0 aliphatic heterocycles. The van der Waals surface area contributed by atoms with Gasteiger partial charge in [-0.25, -0.2) is 0 Å². The van der Waals surface area contributed by atoms with Crippen LogP contribution in [0, 0.1) is 6.92 Å². The van der Waals surface area contributed by atoms with Crippen molar-refractivity contribution in [3.63, 3.8) is 0 Å². The normalized spacial score (nSPS) is 15.7. The number of nitrogens with zero attached hydrogens (tertiary/aromatic N) is 1. The minimum atomic E-state index is 0.163. The van der Waals surface area contributed by atoms with E-state index >= 15 is 0 Å². The smallest absolute Gasteiger partial charge is 0.254 e. The summed E-state index contributed by atoms with van der Waals surface area (Å²) in [5.41, 5.74) is 1.91. The van der Waals surface area contributed by atoms with E-state index in [-0.39, 0.29) is 5.91 Å². The van der Waals surface area contributed by atoms with Gasteiger partial charge in [-0.2, -0.15) is 0 Å². The summed E-state index contributed by atoms with van der Waals surface area (Å²) in [4.78, 5) is 14.8. The number of hydrogen-bond acceptors (Lipinski definition) is 1. The molecule has 0 spiro atoms. The second kappa shape index (κ2) is 6.89. The molecule has 1 aliphatic carbocycles. The molecule has 0 heterocycles. The van der Waals surface area contributed by atoms with Crippen molar-refractivity contribution in [1.82, 2.24) is 4.90 Å². The molecule has 19 heavy (non-hydrogen) atoms. The maximum absolute atomic E-state index is 12.7. The molecule has 2 nitrogen and oxygen atoms in total. The van der Waals surface area contributed by atoms with Gasteiger partial charge in [-0.05, 0) is 43.5 Å². The Morgan fingerprint density at radius 1 is 1.32 bits per heavy atom. The molecule has 0 atom stereocenters. The molecule has 2 rings (SSSR count). The number of amides is 1. The van der Waals surface area contributed by atoms with Gasteiger partial charge in [0.05, 0.1) is 0 Å². The van der Waals surface area contributed by atoms with Crippen molar-refractivity contribution in [2.45, 2.75) is 38.6 Å². The van der Waals surface area contributed by atoms with Gasteiger partial charge in [0.2, 0.25) is 0 Å². The molecule has 0 radical (unpaired) electrons. The minimum Gasteiger partial charge on any atom is -0.335 e. The van der Waals surface area contributed by atoms with Crippen LogP contribution in [0.2, 0.25) is 0 Å². The highest BCUT2D eigenvalue weighted by atomic mass is 79.9. The van der Waals surface area contributed by atoms with E-state index in [1.165, 1.54) is 12.8 Å². The molecule has 1 aromatic carbocycles. The Kier molecular flexibility index (Phi) is 5.46. The summed E-state index contributed by atoms with van der Waals surface area (Å²) in [6.07, 6.45) is 4.78. The van der Waals surface area contributed by atoms with Crippen LogP contribution in [0.25, 0.3) is 0 Å². The van der Waals surface area contributed by atoms with Gasteiger partial charge in [-0.1, -0.05) is 44.7 Å². The van der Waals surface area contributed by atoms with E-state index in [1.807, 2.05) is 30.0 Å². The summed E-state index contributed by atoms with van der Waals surface area (Å²) in [5, 5.41) is 0.836. The van der Waals surface area contributed by atoms with Gasteiger partial charge in [0.1, 0.15) is 0 Å². The fourth-order valence-electron chi connectivity index (χ4n) is 2.78. The molecular weight excluding hydrogens is 370 g/mol. The average Bonchev–Trinajstić information content (AvgIpc) is 2.87. The number of aryl methyl sites for hydroxylation is 1. The van der Waals surface area contributed by atoms with Gasteiger partial charge in [0, 0.05) is 28.0 Å². The molecule has 4 heteroatoms. The van der Waals surface area contributed by atoms with E-state index in [1.54, 1.807) is 0 Å². The zero-order chi connectivity index (χ0) is 13.8. The summed E-state index contributed by atoms with van der Waals surface area (Å²) >= 11 is 6.94. The third-order valence-electron chi connectivity index (χ3n) is 3.64. The van der Waals surface area contributed by atoms with Crippen LogP contribution in [-0.2, 0) is 0 Å². The second-order valence-electron chi connectivity index (χ2n) is 5.14. The predicted octanol–water partition coefficient (Wildman–Crippen LogP) is 4.54. The molecule has 0 bridgehead atoms. The van der Waals surface area contributed by atoms with Crippen LogP contribution in [0.3, 0.4) is 0 Å². The lowest BCUT2D eigenvalue weighted by Crippen LogP contribution is -2.40. The highest BCUT2D eigenvalue weighted by molar-refractivity contribution is 9.10. The first-order chi connectivity index (χ1) is 9.11. The number of alkyl halides is 1. The first-order valence-corrected chi connectivity index (χ1v) is 8.67. The van der Waals surface area contributed by atoms with E-state index in [4.69, 9.17) is 0 Å². The van der Waals surface area contributed by atoms with E-state index in [9.17, 15) is 4.79 Å². The molecular formula is C15H19Br2NO. The Bertz CT molecular complexity index is 435. The number of benzene rings is 1. The maximum Gasteiger partial charge on any atom is 0.254 e. The Hall–Kier alpha value is -0.350. The molecule has 1 fully saturated rings. The van der Waals surface area contributed by atoms with E-state index < -0.39 is 0 Å². The molecule has 1 aliphatic rings. The number of hydrogen-bond donors (Lipinski definition) is 0. The Balaban J connectivity index is 2.22. The molecule has 0 aromatic heterocycles. The second-order valence-corrected chi connectivity index (χ2v) is 6.85.